The Balaban J connectivity index is 2.07. The van der Waals surface area contributed by atoms with Gasteiger partial charge in [-0.15, -0.1) is 11.3 Å². The molecule has 0 spiro atoms. The number of aromatic nitrogens is 1. The number of carbonyl (C=O) groups is 1. The van der Waals surface area contributed by atoms with Crippen LogP contribution in [0.25, 0.3) is 0 Å². The Morgan fingerprint density at radius 2 is 2.04 bits per heavy atom. The number of nitrogens with one attached hydrogen (secondary N) is 2. The van der Waals surface area contributed by atoms with Gasteiger partial charge in [-0.1, -0.05) is 12.1 Å². The lowest BCUT2D eigenvalue weighted by atomic mass is 10.1. The largest absolute Gasteiger partial charge is 0.377 e. The Labute approximate surface area is 147 Å². The van der Waals surface area contributed by atoms with Crippen molar-refractivity contribution in [2.75, 3.05) is 12.4 Å². The normalized spacial score (nSPS) is 12.8. The highest BCUT2D eigenvalue weighted by Crippen LogP contribution is 2.27. The van der Waals surface area contributed by atoms with Crippen LogP contribution in [-0.4, -0.2) is 18.1 Å². The van der Waals surface area contributed by atoms with E-state index < -0.39 is 5.54 Å². The van der Waals surface area contributed by atoms with Crippen LogP contribution in [0.3, 0.4) is 0 Å². The number of hydrogen-bond donors (Lipinski definition) is 2. The maximum atomic E-state index is 12.4. The molecule has 0 fully saturated rings. The molecule has 24 heavy (non-hydrogen) atoms. The molecule has 2 aromatic rings. The van der Waals surface area contributed by atoms with Crippen molar-refractivity contribution in [3.63, 3.8) is 0 Å². The summed E-state index contributed by atoms with van der Waals surface area (Å²) < 4.78 is 5.31. The summed E-state index contributed by atoms with van der Waals surface area (Å²) in [6, 6.07) is 7.39. The molecular weight excluding hydrogens is 322 g/mol. The number of rotatable bonds is 5. The minimum absolute atomic E-state index is 0.0208. The molecule has 0 unspecified atom stereocenters. The number of hydrogen-bond acceptors (Lipinski definition) is 4. The van der Waals surface area contributed by atoms with Crippen LogP contribution in [0.5, 0.6) is 0 Å². The highest BCUT2D eigenvalue weighted by molar-refractivity contribution is 7.11. The number of anilines is 1. The van der Waals surface area contributed by atoms with Crippen molar-refractivity contribution in [3.8, 4) is 0 Å². The summed E-state index contributed by atoms with van der Waals surface area (Å²) >= 11 is 1.61. The predicted molar refractivity (Wildman–Crippen MR) is 98.6 cm³/mol. The standard InChI is InChI=1S/C18H25N3O2S/c1-11-13(3)24-16(19-11)18(4,5)21-17(22)20-15-9-7-8-14(10-15)12(2)23-6/h7-10,12H,1-6H3,(H2,20,21,22)/t12-/m0/s1. The van der Waals surface area contributed by atoms with Gasteiger partial charge in [-0.05, 0) is 52.3 Å². The van der Waals surface area contributed by atoms with E-state index in [1.54, 1.807) is 18.4 Å². The minimum atomic E-state index is -0.537. The highest BCUT2D eigenvalue weighted by atomic mass is 32.1. The van der Waals surface area contributed by atoms with E-state index in [0.717, 1.165) is 22.0 Å². The SMILES string of the molecule is CO[C@@H](C)c1cccc(NC(=O)NC(C)(C)c2nc(C)c(C)s2)c1. The number of nitrogens with zero attached hydrogens (tertiary/aromatic N) is 1. The Hall–Kier alpha value is -1.92. The summed E-state index contributed by atoms with van der Waals surface area (Å²) in [6.07, 6.45) is -0.0208. The number of aryl methyl sites for hydroxylation is 2. The fraction of sp³-hybridized carbons (Fsp3) is 0.444. The first-order chi connectivity index (χ1) is 11.2. The van der Waals surface area contributed by atoms with Crippen molar-refractivity contribution < 1.29 is 9.53 Å². The number of methoxy groups -OCH3 is 1. The van der Waals surface area contributed by atoms with E-state index >= 15 is 0 Å². The van der Waals surface area contributed by atoms with E-state index in [4.69, 9.17) is 4.74 Å². The molecule has 0 aliphatic carbocycles. The van der Waals surface area contributed by atoms with Gasteiger partial charge in [-0.2, -0.15) is 0 Å². The lowest BCUT2D eigenvalue weighted by Crippen LogP contribution is -2.43. The molecule has 6 heteroatoms. The first kappa shape index (κ1) is 18.4. The molecule has 2 rings (SSSR count). The van der Waals surface area contributed by atoms with Crippen LogP contribution in [0.4, 0.5) is 10.5 Å². The van der Waals surface area contributed by atoms with Gasteiger partial charge in [-0.3, -0.25) is 0 Å². The zero-order chi connectivity index (χ0) is 17.9. The second-order valence-corrected chi connectivity index (χ2v) is 7.57. The molecular formula is C18H25N3O2S. The molecule has 1 atom stereocenters. The Bertz CT molecular complexity index is 705. The van der Waals surface area contributed by atoms with E-state index in [0.29, 0.717) is 0 Å². The van der Waals surface area contributed by atoms with E-state index in [2.05, 4.69) is 15.6 Å². The van der Waals surface area contributed by atoms with E-state index in [-0.39, 0.29) is 12.1 Å². The lowest BCUT2D eigenvalue weighted by molar-refractivity contribution is 0.119. The van der Waals surface area contributed by atoms with Crippen LogP contribution in [-0.2, 0) is 10.3 Å². The fourth-order valence-corrected chi connectivity index (χ4v) is 3.22. The van der Waals surface area contributed by atoms with Gasteiger partial charge in [0.15, 0.2) is 0 Å². The fourth-order valence-electron chi connectivity index (χ4n) is 2.25. The first-order valence-electron chi connectivity index (χ1n) is 7.89. The van der Waals surface area contributed by atoms with Crippen LogP contribution >= 0.6 is 11.3 Å². The van der Waals surface area contributed by atoms with Crippen molar-refractivity contribution in [2.45, 2.75) is 46.3 Å². The number of amides is 2. The van der Waals surface area contributed by atoms with E-state index in [1.807, 2.05) is 58.9 Å². The molecule has 130 valence electrons. The number of ether oxygens (including phenoxy) is 1. The summed E-state index contributed by atoms with van der Waals surface area (Å²) in [5, 5.41) is 6.77. The Morgan fingerprint density at radius 3 is 2.62 bits per heavy atom. The van der Waals surface area contributed by atoms with Gasteiger partial charge in [0.25, 0.3) is 0 Å². The second-order valence-electron chi connectivity index (χ2n) is 6.37. The summed E-state index contributed by atoms with van der Waals surface area (Å²) in [5.74, 6) is 0. The molecule has 0 saturated heterocycles. The maximum absolute atomic E-state index is 12.4. The van der Waals surface area contributed by atoms with Gasteiger partial charge in [-0.25, -0.2) is 9.78 Å². The summed E-state index contributed by atoms with van der Waals surface area (Å²) in [7, 11) is 1.66. The molecule has 1 aromatic carbocycles. The van der Waals surface area contributed by atoms with Gasteiger partial charge in [0.2, 0.25) is 0 Å². The third-order valence-corrected chi connectivity index (χ3v) is 5.35. The Kier molecular flexibility index (Phi) is 5.62. The Morgan fingerprint density at radius 1 is 1.33 bits per heavy atom. The average Bonchev–Trinajstić information content (AvgIpc) is 2.86. The molecule has 0 aliphatic heterocycles. The van der Waals surface area contributed by atoms with Gasteiger partial charge in [0, 0.05) is 17.7 Å². The molecule has 0 saturated carbocycles. The third kappa shape index (κ3) is 4.33. The topological polar surface area (TPSA) is 63.2 Å². The van der Waals surface area contributed by atoms with Crippen LogP contribution in [0, 0.1) is 13.8 Å². The molecule has 0 bridgehead atoms. The molecule has 5 nitrogen and oxygen atoms in total. The van der Waals surface area contributed by atoms with Crippen LogP contribution in [0.2, 0.25) is 0 Å². The first-order valence-corrected chi connectivity index (χ1v) is 8.71. The lowest BCUT2D eigenvalue weighted by Gasteiger charge is -2.24. The van der Waals surface area contributed by atoms with Gasteiger partial charge in [0.05, 0.1) is 17.3 Å². The zero-order valence-electron chi connectivity index (χ0n) is 15.1. The van der Waals surface area contributed by atoms with E-state index in [1.165, 1.54) is 4.88 Å². The quantitative estimate of drug-likeness (QED) is 0.835. The van der Waals surface area contributed by atoms with Crippen molar-refractivity contribution in [1.82, 2.24) is 10.3 Å². The number of benzene rings is 1. The monoisotopic (exact) mass is 347 g/mol. The summed E-state index contributed by atoms with van der Waals surface area (Å²) in [4.78, 5) is 18.1. The third-order valence-electron chi connectivity index (χ3n) is 3.96. The second kappa shape index (κ2) is 7.32. The van der Waals surface area contributed by atoms with Crippen LogP contribution in [0.15, 0.2) is 24.3 Å². The number of urea groups is 1. The minimum Gasteiger partial charge on any atom is -0.377 e. The molecule has 1 aromatic heterocycles. The van der Waals surface area contributed by atoms with Gasteiger partial charge in [0.1, 0.15) is 5.01 Å². The zero-order valence-corrected chi connectivity index (χ0v) is 15.9. The molecule has 2 amide bonds. The van der Waals surface area contributed by atoms with Crippen LogP contribution in [0.1, 0.15) is 48.0 Å². The van der Waals surface area contributed by atoms with Crippen molar-refractivity contribution in [2.24, 2.45) is 0 Å². The smallest absolute Gasteiger partial charge is 0.319 e. The molecule has 2 N–H and O–H groups in total. The molecule has 0 aliphatic rings. The van der Waals surface area contributed by atoms with Crippen molar-refractivity contribution >= 4 is 23.1 Å². The summed E-state index contributed by atoms with van der Waals surface area (Å²) in [6.45, 7) is 9.89. The van der Waals surface area contributed by atoms with E-state index in [9.17, 15) is 4.79 Å². The van der Waals surface area contributed by atoms with Gasteiger partial charge < -0.3 is 15.4 Å². The molecule has 0 radical (unpaired) electrons. The summed E-state index contributed by atoms with van der Waals surface area (Å²) in [5.41, 5.74) is 2.22. The highest BCUT2D eigenvalue weighted by Gasteiger charge is 2.27. The maximum Gasteiger partial charge on any atom is 0.319 e. The van der Waals surface area contributed by atoms with Crippen molar-refractivity contribution in [3.05, 3.63) is 45.4 Å². The van der Waals surface area contributed by atoms with Crippen LogP contribution < -0.4 is 10.6 Å². The average molecular weight is 347 g/mol. The molecule has 1 heterocycles. The van der Waals surface area contributed by atoms with Crippen molar-refractivity contribution in [1.29, 1.82) is 0 Å². The number of carbonyl (C=O) groups excluding carboxylic acids is 1. The number of thiazole rings is 1. The predicted octanol–water partition coefficient (Wildman–Crippen LogP) is 4.52. The van der Waals surface area contributed by atoms with Gasteiger partial charge >= 0.3 is 6.03 Å².